The fourth-order valence-electron chi connectivity index (χ4n) is 1.27. The average Bonchev–Trinajstić information content (AvgIpc) is 2.87. The van der Waals surface area contributed by atoms with Gasteiger partial charge in [-0.15, -0.1) is 5.10 Å². The van der Waals surface area contributed by atoms with Crippen molar-refractivity contribution in [3.05, 3.63) is 0 Å². The van der Waals surface area contributed by atoms with E-state index in [-0.39, 0.29) is 0 Å². The van der Waals surface area contributed by atoms with Crippen LogP contribution in [0.2, 0.25) is 0 Å². The quantitative estimate of drug-likeness (QED) is 0.467. The molecule has 9 heteroatoms. The van der Waals surface area contributed by atoms with Gasteiger partial charge in [-0.2, -0.15) is 0 Å². The van der Waals surface area contributed by atoms with Crippen LogP contribution >= 0.6 is 11.8 Å². The molecule has 0 bridgehead atoms. The molecule has 1 aromatic heterocycles. The Balaban J connectivity index is 2.44. The van der Waals surface area contributed by atoms with E-state index < -0.39 is 12.4 Å². The summed E-state index contributed by atoms with van der Waals surface area (Å²) in [7, 11) is 3.11. The lowest BCUT2D eigenvalue weighted by Crippen LogP contribution is -2.22. The molecule has 8 nitrogen and oxygen atoms in total. The third-order valence-corrected chi connectivity index (χ3v) is 3.37. The zero-order valence-electron chi connectivity index (χ0n) is 11.4. The summed E-state index contributed by atoms with van der Waals surface area (Å²) in [6.45, 7) is 3.17. The van der Waals surface area contributed by atoms with Gasteiger partial charge in [0, 0.05) is 26.6 Å². The highest BCUT2D eigenvalue weighted by atomic mass is 32.2. The van der Waals surface area contributed by atoms with Gasteiger partial charge in [-0.25, -0.2) is 4.68 Å². The number of methoxy groups -OCH3 is 2. The lowest BCUT2D eigenvalue weighted by atomic mass is 10.4. The van der Waals surface area contributed by atoms with Gasteiger partial charge in [-0.05, 0) is 17.4 Å². The number of nitrogens with zero attached hydrogens (tertiary/aromatic N) is 4. The van der Waals surface area contributed by atoms with Crippen molar-refractivity contribution in [1.29, 1.82) is 0 Å². The Morgan fingerprint density at radius 3 is 2.74 bits per heavy atom. The van der Waals surface area contributed by atoms with E-state index >= 15 is 0 Å². The van der Waals surface area contributed by atoms with Gasteiger partial charge in [-0.3, -0.25) is 0 Å². The maximum absolute atomic E-state index is 9.67. The molecule has 1 unspecified atom stereocenters. The third kappa shape index (κ3) is 5.83. The SMILES string of the molecule is CCOCC(O)CSc1nnnn1CC(OC)OC. The van der Waals surface area contributed by atoms with E-state index in [0.717, 1.165) is 0 Å². The molecule has 1 aromatic rings. The minimum atomic E-state index is -0.546. The van der Waals surface area contributed by atoms with Crippen LogP contribution in [0.1, 0.15) is 6.92 Å². The first-order valence-electron chi connectivity index (χ1n) is 5.91. The first-order chi connectivity index (χ1) is 9.21. The molecule has 0 saturated carbocycles. The maximum Gasteiger partial charge on any atom is 0.209 e. The second kappa shape index (κ2) is 9.21. The monoisotopic (exact) mass is 292 g/mol. The van der Waals surface area contributed by atoms with E-state index in [1.165, 1.54) is 11.8 Å². The second-order valence-corrected chi connectivity index (χ2v) is 4.66. The molecule has 0 aliphatic heterocycles. The predicted octanol–water partition coefficient (Wildman–Crippen LogP) is -0.219. The molecule has 110 valence electrons. The van der Waals surface area contributed by atoms with Crippen LogP contribution in [0.4, 0.5) is 0 Å². The lowest BCUT2D eigenvalue weighted by Gasteiger charge is -2.14. The summed E-state index contributed by atoms with van der Waals surface area (Å²) in [6, 6.07) is 0. The summed E-state index contributed by atoms with van der Waals surface area (Å²) < 4.78 is 16.9. The number of aliphatic hydroxyl groups is 1. The molecule has 0 fully saturated rings. The maximum atomic E-state index is 9.67. The van der Waals surface area contributed by atoms with Gasteiger partial charge >= 0.3 is 0 Å². The zero-order valence-corrected chi connectivity index (χ0v) is 12.2. The molecule has 0 saturated heterocycles. The minimum absolute atomic E-state index is 0.309. The number of rotatable bonds is 10. The van der Waals surface area contributed by atoms with Gasteiger partial charge < -0.3 is 19.3 Å². The molecule has 0 aliphatic carbocycles. The molecule has 19 heavy (non-hydrogen) atoms. The standard InChI is InChI=1S/C10H20N4O4S/c1-4-18-6-8(15)7-19-10-11-12-13-14(10)5-9(16-2)17-3/h8-9,15H,4-7H2,1-3H3. The molecular weight excluding hydrogens is 272 g/mol. The van der Waals surface area contributed by atoms with Gasteiger partial charge in [-0.1, -0.05) is 11.8 Å². The number of aromatic nitrogens is 4. The normalized spacial score (nSPS) is 13.1. The summed E-state index contributed by atoms with van der Waals surface area (Å²) in [5.41, 5.74) is 0. The summed E-state index contributed by atoms with van der Waals surface area (Å²) in [6.07, 6.45) is -0.952. The number of ether oxygens (including phenoxy) is 3. The summed E-state index contributed by atoms with van der Waals surface area (Å²) in [5, 5.41) is 21.6. The van der Waals surface area contributed by atoms with Crippen LogP contribution < -0.4 is 0 Å². The van der Waals surface area contributed by atoms with E-state index in [9.17, 15) is 5.11 Å². The van der Waals surface area contributed by atoms with Crippen molar-refractivity contribution in [3.63, 3.8) is 0 Å². The van der Waals surface area contributed by atoms with Crippen LogP contribution in [0.3, 0.4) is 0 Å². The van der Waals surface area contributed by atoms with Crippen molar-refractivity contribution >= 4 is 11.8 Å². The minimum Gasteiger partial charge on any atom is -0.390 e. The second-order valence-electron chi connectivity index (χ2n) is 3.67. The van der Waals surface area contributed by atoms with Crippen molar-refractivity contribution in [1.82, 2.24) is 20.2 Å². The molecular formula is C10H20N4O4S. The number of tetrazole rings is 1. The topological polar surface area (TPSA) is 91.5 Å². The molecule has 0 amide bonds. The zero-order chi connectivity index (χ0) is 14.1. The van der Waals surface area contributed by atoms with E-state index in [1.807, 2.05) is 6.92 Å². The lowest BCUT2D eigenvalue weighted by molar-refractivity contribution is -0.113. The first kappa shape index (κ1) is 16.3. The number of hydrogen-bond donors (Lipinski definition) is 1. The Kier molecular flexibility index (Phi) is 7.91. The highest BCUT2D eigenvalue weighted by Gasteiger charge is 2.14. The molecule has 0 radical (unpaired) electrons. The van der Waals surface area contributed by atoms with Crippen LogP contribution in [-0.2, 0) is 20.8 Å². The van der Waals surface area contributed by atoms with Gasteiger partial charge in [0.25, 0.3) is 0 Å². The van der Waals surface area contributed by atoms with Gasteiger partial charge in [0.05, 0.1) is 19.3 Å². The molecule has 0 spiro atoms. The van der Waals surface area contributed by atoms with Gasteiger partial charge in [0.2, 0.25) is 5.16 Å². The van der Waals surface area contributed by atoms with E-state index in [2.05, 4.69) is 15.5 Å². The van der Waals surface area contributed by atoms with Crippen molar-refractivity contribution in [2.45, 2.75) is 31.0 Å². The summed E-state index contributed by atoms with van der Waals surface area (Å²) in [5.74, 6) is 0.463. The van der Waals surface area contributed by atoms with Crippen LogP contribution in [0.15, 0.2) is 5.16 Å². The van der Waals surface area contributed by atoms with E-state index in [4.69, 9.17) is 14.2 Å². The van der Waals surface area contributed by atoms with Crippen LogP contribution in [0, 0.1) is 0 Å². The number of hydrogen-bond acceptors (Lipinski definition) is 8. The van der Waals surface area contributed by atoms with Crippen LogP contribution in [0.5, 0.6) is 0 Å². The van der Waals surface area contributed by atoms with E-state index in [1.54, 1.807) is 18.9 Å². The molecule has 1 atom stereocenters. The van der Waals surface area contributed by atoms with Crippen molar-refractivity contribution < 1.29 is 19.3 Å². The Morgan fingerprint density at radius 1 is 1.37 bits per heavy atom. The molecule has 1 heterocycles. The predicted molar refractivity (Wildman–Crippen MR) is 68.8 cm³/mol. The Bertz CT molecular complexity index is 348. The average molecular weight is 292 g/mol. The molecule has 0 aromatic carbocycles. The van der Waals surface area contributed by atoms with Crippen molar-refractivity contribution in [2.24, 2.45) is 0 Å². The Hall–Kier alpha value is -0.740. The van der Waals surface area contributed by atoms with Crippen LogP contribution in [-0.4, -0.2) is 70.9 Å². The largest absolute Gasteiger partial charge is 0.390 e. The highest BCUT2D eigenvalue weighted by Crippen LogP contribution is 2.15. The first-order valence-corrected chi connectivity index (χ1v) is 6.90. The van der Waals surface area contributed by atoms with Gasteiger partial charge in [0.1, 0.15) is 0 Å². The van der Waals surface area contributed by atoms with Gasteiger partial charge in [0.15, 0.2) is 6.29 Å². The van der Waals surface area contributed by atoms with Crippen molar-refractivity contribution in [2.75, 3.05) is 33.2 Å². The Morgan fingerprint density at radius 2 is 2.11 bits per heavy atom. The van der Waals surface area contributed by atoms with Crippen molar-refractivity contribution in [3.8, 4) is 0 Å². The Labute approximate surface area is 116 Å². The fourth-order valence-corrected chi connectivity index (χ4v) is 2.07. The molecule has 1 N–H and O–H groups in total. The number of thioether (sulfide) groups is 1. The molecule has 0 aliphatic rings. The smallest absolute Gasteiger partial charge is 0.209 e. The summed E-state index contributed by atoms with van der Waals surface area (Å²) >= 11 is 1.36. The molecule has 1 rings (SSSR count). The number of aliphatic hydroxyl groups excluding tert-OH is 1. The highest BCUT2D eigenvalue weighted by molar-refractivity contribution is 7.99. The fraction of sp³-hybridized carbons (Fsp3) is 0.900. The van der Waals surface area contributed by atoms with E-state index in [0.29, 0.717) is 30.7 Å². The summed E-state index contributed by atoms with van der Waals surface area (Å²) in [4.78, 5) is 0. The third-order valence-electron chi connectivity index (χ3n) is 2.27. The van der Waals surface area contributed by atoms with Crippen LogP contribution in [0.25, 0.3) is 0 Å².